The molecule has 0 aromatic heterocycles. The number of anilines is 1. The van der Waals surface area contributed by atoms with Crippen LogP contribution >= 0.6 is 0 Å². The molecule has 0 heterocycles. The van der Waals surface area contributed by atoms with Crippen LogP contribution in [0.2, 0.25) is 0 Å². The number of hydrogen-bond donors (Lipinski definition) is 2. The molecule has 0 radical (unpaired) electrons. The van der Waals surface area contributed by atoms with Crippen LogP contribution in [0.3, 0.4) is 0 Å². The van der Waals surface area contributed by atoms with Gasteiger partial charge in [0.15, 0.2) is 0 Å². The van der Waals surface area contributed by atoms with E-state index in [2.05, 4.69) is 52.7 Å². The highest BCUT2D eigenvalue weighted by Crippen LogP contribution is 2.29. The number of amides is 1. The maximum Gasteiger partial charge on any atom is 0.221 e. The smallest absolute Gasteiger partial charge is 0.221 e. The Morgan fingerprint density at radius 1 is 0.929 bits per heavy atom. The van der Waals surface area contributed by atoms with Gasteiger partial charge in [0.1, 0.15) is 0 Å². The van der Waals surface area contributed by atoms with Crippen molar-refractivity contribution in [2.75, 3.05) is 18.4 Å². The molecule has 28 heavy (non-hydrogen) atoms. The molecule has 3 rings (SSSR count). The largest absolute Gasteiger partial charge is 0.330 e. The number of nitrogens with zero attached hydrogens (tertiary/aromatic N) is 1. The summed E-state index contributed by atoms with van der Waals surface area (Å²) >= 11 is 0. The van der Waals surface area contributed by atoms with Crippen LogP contribution in [-0.4, -0.2) is 23.9 Å². The zero-order valence-corrected chi connectivity index (χ0v) is 16.9. The van der Waals surface area contributed by atoms with Gasteiger partial charge < -0.3 is 11.1 Å². The lowest BCUT2D eigenvalue weighted by Gasteiger charge is -2.32. The third-order valence-electron chi connectivity index (χ3n) is 5.75. The lowest BCUT2D eigenvalue weighted by Crippen LogP contribution is -2.32. The first-order valence-corrected chi connectivity index (χ1v) is 10.4. The van der Waals surface area contributed by atoms with Crippen LogP contribution in [0.25, 0.3) is 0 Å². The minimum absolute atomic E-state index is 0.0356. The van der Waals surface area contributed by atoms with Crippen LogP contribution in [0.5, 0.6) is 0 Å². The zero-order chi connectivity index (χ0) is 19.8. The standard InChI is InChI=1S/C24H33N3O/c1-19(28)26-24-13-11-23(12-14-24)18-27(16-21-5-3-2-4-6-21)17-22-9-7-20(15-25)8-10-22/h2-6,11-14,20,22H,7-10,15-18,25H2,1H3,(H,26,28). The summed E-state index contributed by atoms with van der Waals surface area (Å²) in [7, 11) is 0. The lowest BCUT2D eigenvalue weighted by molar-refractivity contribution is -0.114. The minimum atomic E-state index is -0.0356. The highest BCUT2D eigenvalue weighted by atomic mass is 16.1. The molecule has 0 bridgehead atoms. The highest BCUT2D eigenvalue weighted by molar-refractivity contribution is 5.88. The van der Waals surface area contributed by atoms with Crippen molar-refractivity contribution < 1.29 is 4.79 Å². The summed E-state index contributed by atoms with van der Waals surface area (Å²) in [5.74, 6) is 1.44. The number of rotatable bonds is 8. The Kier molecular flexibility index (Phi) is 7.63. The summed E-state index contributed by atoms with van der Waals surface area (Å²) in [4.78, 5) is 13.8. The Balaban J connectivity index is 1.64. The first kappa shape index (κ1) is 20.6. The van der Waals surface area contributed by atoms with Gasteiger partial charge in [0.25, 0.3) is 0 Å². The van der Waals surface area contributed by atoms with Gasteiger partial charge in [-0.15, -0.1) is 0 Å². The third kappa shape index (κ3) is 6.47. The number of carbonyl (C=O) groups is 1. The van der Waals surface area contributed by atoms with Gasteiger partial charge in [-0.1, -0.05) is 42.5 Å². The van der Waals surface area contributed by atoms with Crippen LogP contribution in [0.1, 0.15) is 43.7 Å². The van der Waals surface area contributed by atoms with E-state index in [9.17, 15) is 4.79 Å². The molecule has 0 unspecified atom stereocenters. The summed E-state index contributed by atoms with van der Waals surface area (Å²) < 4.78 is 0. The van der Waals surface area contributed by atoms with Crippen molar-refractivity contribution in [3.8, 4) is 0 Å². The molecule has 1 saturated carbocycles. The summed E-state index contributed by atoms with van der Waals surface area (Å²) in [6, 6.07) is 18.9. The fourth-order valence-corrected chi connectivity index (χ4v) is 4.20. The van der Waals surface area contributed by atoms with Gasteiger partial charge in [0.05, 0.1) is 0 Å². The zero-order valence-electron chi connectivity index (χ0n) is 16.9. The second-order valence-corrected chi connectivity index (χ2v) is 8.16. The van der Waals surface area contributed by atoms with Crippen molar-refractivity contribution in [1.82, 2.24) is 4.90 Å². The van der Waals surface area contributed by atoms with Crippen LogP contribution in [-0.2, 0) is 17.9 Å². The topological polar surface area (TPSA) is 58.4 Å². The van der Waals surface area contributed by atoms with Crippen molar-refractivity contribution in [3.63, 3.8) is 0 Å². The van der Waals surface area contributed by atoms with Crippen LogP contribution in [0, 0.1) is 11.8 Å². The minimum Gasteiger partial charge on any atom is -0.330 e. The maximum absolute atomic E-state index is 11.2. The molecule has 1 amide bonds. The second-order valence-electron chi connectivity index (χ2n) is 8.16. The van der Waals surface area contributed by atoms with E-state index in [1.807, 2.05) is 12.1 Å². The Hall–Kier alpha value is -2.17. The van der Waals surface area contributed by atoms with Crippen molar-refractivity contribution in [2.24, 2.45) is 17.6 Å². The van der Waals surface area contributed by atoms with E-state index in [1.54, 1.807) is 0 Å². The molecule has 0 atom stereocenters. The molecule has 150 valence electrons. The predicted molar refractivity (Wildman–Crippen MR) is 116 cm³/mol. The monoisotopic (exact) mass is 379 g/mol. The summed E-state index contributed by atoms with van der Waals surface area (Å²) in [6.07, 6.45) is 5.11. The van der Waals surface area contributed by atoms with Crippen LogP contribution in [0.15, 0.2) is 54.6 Å². The second kappa shape index (κ2) is 10.4. The molecule has 4 nitrogen and oxygen atoms in total. The third-order valence-corrected chi connectivity index (χ3v) is 5.75. The fraction of sp³-hybridized carbons (Fsp3) is 0.458. The number of benzene rings is 2. The maximum atomic E-state index is 11.2. The van der Waals surface area contributed by atoms with E-state index in [-0.39, 0.29) is 5.91 Å². The quantitative estimate of drug-likeness (QED) is 0.714. The Morgan fingerprint density at radius 2 is 1.50 bits per heavy atom. The molecular weight excluding hydrogens is 346 g/mol. The fourth-order valence-electron chi connectivity index (χ4n) is 4.20. The van der Waals surface area contributed by atoms with Crippen LogP contribution < -0.4 is 11.1 Å². The van der Waals surface area contributed by atoms with E-state index >= 15 is 0 Å². The van der Waals surface area contributed by atoms with Crippen molar-refractivity contribution in [2.45, 2.75) is 45.7 Å². The van der Waals surface area contributed by atoms with Gasteiger partial charge in [-0.05, 0) is 67.3 Å². The molecule has 4 heteroatoms. The molecule has 3 N–H and O–H groups in total. The summed E-state index contributed by atoms with van der Waals surface area (Å²) in [6.45, 7) is 5.38. The van der Waals surface area contributed by atoms with Gasteiger partial charge in [-0.3, -0.25) is 9.69 Å². The van der Waals surface area contributed by atoms with E-state index < -0.39 is 0 Å². The Labute approximate surface area is 169 Å². The molecule has 2 aromatic rings. The first-order valence-electron chi connectivity index (χ1n) is 10.4. The SMILES string of the molecule is CC(=O)Nc1ccc(CN(Cc2ccccc2)CC2CCC(CN)CC2)cc1. The highest BCUT2D eigenvalue weighted by Gasteiger charge is 2.22. The Bertz CT molecular complexity index is 721. The predicted octanol–water partition coefficient (Wildman–Crippen LogP) is 4.41. The van der Waals surface area contributed by atoms with Gasteiger partial charge in [0.2, 0.25) is 5.91 Å². The molecule has 1 fully saturated rings. The van der Waals surface area contributed by atoms with Gasteiger partial charge in [-0.25, -0.2) is 0 Å². The first-order chi connectivity index (χ1) is 13.6. The number of nitrogens with one attached hydrogen (secondary N) is 1. The average molecular weight is 380 g/mol. The molecule has 0 spiro atoms. The molecule has 2 aromatic carbocycles. The van der Waals surface area contributed by atoms with Crippen LogP contribution in [0.4, 0.5) is 5.69 Å². The lowest BCUT2D eigenvalue weighted by atomic mass is 9.82. The van der Waals surface area contributed by atoms with E-state index in [0.29, 0.717) is 0 Å². The summed E-state index contributed by atoms with van der Waals surface area (Å²) in [5, 5.41) is 2.84. The molecule has 1 aliphatic carbocycles. The Morgan fingerprint density at radius 3 is 2.07 bits per heavy atom. The van der Waals surface area contributed by atoms with Crippen molar-refractivity contribution in [1.29, 1.82) is 0 Å². The molecule has 0 aliphatic heterocycles. The van der Waals surface area contributed by atoms with Gasteiger partial charge >= 0.3 is 0 Å². The van der Waals surface area contributed by atoms with E-state index in [0.717, 1.165) is 43.7 Å². The van der Waals surface area contributed by atoms with E-state index in [4.69, 9.17) is 5.73 Å². The number of carbonyl (C=O) groups excluding carboxylic acids is 1. The van der Waals surface area contributed by atoms with Crippen molar-refractivity contribution >= 4 is 11.6 Å². The molecular formula is C24H33N3O. The molecule has 1 aliphatic rings. The molecule has 0 saturated heterocycles. The number of nitrogens with two attached hydrogens (primary N) is 1. The summed E-state index contributed by atoms with van der Waals surface area (Å²) in [5.41, 5.74) is 9.35. The van der Waals surface area contributed by atoms with Gasteiger partial charge in [0, 0.05) is 32.2 Å². The van der Waals surface area contributed by atoms with Gasteiger partial charge in [-0.2, -0.15) is 0 Å². The average Bonchev–Trinajstić information content (AvgIpc) is 2.70. The number of hydrogen-bond acceptors (Lipinski definition) is 3. The normalized spacial score (nSPS) is 19.5. The van der Waals surface area contributed by atoms with Crippen molar-refractivity contribution in [3.05, 3.63) is 65.7 Å². The van der Waals surface area contributed by atoms with E-state index in [1.165, 1.54) is 43.7 Å².